The van der Waals surface area contributed by atoms with Gasteiger partial charge in [-0.1, -0.05) is 0 Å². The highest BCUT2D eigenvalue weighted by Crippen LogP contribution is 2.08. The quantitative estimate of drug-likeness (QED) is 0.641. The molecule has 1 heterocycles. The van der Waals surface area contributed by atoms with Crippen molar-refractivity contribution in [3.8, 4) is 0 Å². The third-order valence-electron chi connectivity index (χ3n) is 2.60. The predicted molar refractivity (Wildman–Crippen MR) is 75.5 cm³/mol. The maximum absolute atomic E-state index is 11.5. The molecule has 0 saturated heterocycles. The minimum absolute atomic E-state index is 0.0774. The lowest BCUT2D eigenvalue weighted by atomic mass is 10.1. The van der Waals surface area contributed by atoms with Crippen LogP contribution in [0.1, 0.15) is 31.7 Å². The van der Waals surface area contributed by atoms with E-state index in [1.165, 1.54) is 5.56 Å². The summed E-state index contributed by atoms with van der Waals surface area (Å²) >= 11 is 1.65. The van der Waals surface area contributed by atoms with Crippen molar-refractivity contribution in [3.63, 3.8) is 0 Å². The van der Waals surface area contributed by atoms with Gasteiger partial charge in [0, 0.05) is 19.0 Å². The summed E-state index contributed by atoms with van der Waals surface area (Å²) < 4.78 is 0. The van der Waals surface area contributed by atoms with Crippen LogP contribution in [-0.4, -0.2) is 29.7 Å². The molecule has 2 amide bonds. The molecule has 1 aromatic heterocycles. The van der Waals surface area contributed by atoms with Crippen molar-refractivity contribution in [2.75, 3.05) is 6.54 Å². The Balaban J connectivity index is 2.08. The lowest BCUT2D eigenvalue weighted by Crippen LogP contribution is -2.41. The zero-order valence-corrected chi connectivity index (χ0v) is 11.8. The van der Waals surface area contributed by atoms with Gasteiger partial charge in [0.2, 0.25) is 0 Å². The first-order valence-electron chi connectivity index (χ1n) is 6.35. The van der Waals surface area contributed by atoms with E-state index in [1.807, 2.05) is 18.4 Å². The molecule has 0 aliphatic heterocycles. The zero-order valence-electron chi connectivity index (χ0n) is 11.0. The molecule has 1 aromatic rings. The molecule has 6 heteroatoms. The van der Waals surface area contributed by atoms with Gasteiger partial charge >= 0.3 is 12.0 Å². The topological polar surface area (TPSA) is 78.4 Å². The summed E-state index contributed by atoms with van der Waals surface area (Å²) in [5.74, 6) is -0.797. The fourth-order valence-corrected chi connectivity index (χ4v) is 2.37. The Morgan fingerprint density at radius 3 is 2.84 bits per heavy atom. The molecule has 19 heavy (non-hydrogen) atoms. The average molecular weight is 284 g/mol. The van der Waals surface area contributed by atoms with Crippen LogP contribution < -0.4 is 10.6 Å². The summed E-state index contributed by atoms with van der Waals surface area (Å²) in [6, 6.07) is 1.93. The van der Waals surface area contributed by atoms with Crippen LogP contribution in [0.15, 0.2) is 16.8 Å². The number of hydrogen-bond donors (Lipinski definition) is 3. The normalized spacial score (nSPS) is 11.8. The minimum Gasteiger partial charge on any atom is -0.481 e. The van der Waals surface area contributed by atoms with E-state index in [2.05, 4.69) is 16.0 Å². The fraction of sp³-hybridized carbons (Fsp3) is 0.538. The van der Waals surface area contributed by atoms with Gasteiger partial charge in [-0.15, -0.1) is 0 Å². The van der Waals surface area contributed by atoms with Crippen molar-refractivity contribution in [1.82, 2.24) is 10.6 Å². The number of nitrogens with one attached hydrogen (secondary N) is 2. The van der Waals surface area contributed by atoms with E-state index in [9.17, 15) is 9.59 Å². The van der Waals surface area contributed by atoms with Crippen molar-refractivity contribution in [3.05, 3.63) is 22.4 Å². The molecule has 1 rings (SSSR count). The van der Waals surface area contributed by atoms with Crippen LogP contribution in [0.5, 0.6) is 0 Å². The Kier molecular flexibility index (Phi) is 6.95. The number of hydrogen-bond acceptors (Lipinski definition) is 3. The van der Waals surface area contributed by atoms with Crippen LogP contribution >= 0.6 is 11.3 Å². The summed E-state index contributed by atoms with van der Waals surface area (Å²) in [4.78, 5) is 21.8. The molecular formula is C13H20N2O3S. The van der Waals surface area contributed by atoms with Gasteiger partial charge in [0.25, 0.3) is 0 Å². The Morgan fingerprint density at radius 1 is 1.42 bits per heavy atom. The molecule has 0 radical (unpaired) electrons. The zero-order chi connectivity index (χ0) is 14.1. The van der Waals surface area contributed by atoms with Crippen LogP contribution in [-0.2, 0) is 11.2 Å². The number of aliphatic carboxylic acids is 1. The highest BCUT2D eigenvalue weighted by atomic mass is 32.1. The summed E-state index contributed by atoms with van der Waals surface area (Å²) in [7, 11) is 0. The molecule has 3 N–H and O–H groups in total. The number of rotatable bonds is 8. The Morgan fingerprint density at radius 2 is 2.21 bits per heavy atom. The highest BCUT2D eigenvalue weighted by molar-refractivity contribution is 7.07. The third kappa shape index (κ3) is 7.46. The fourth-order valence-electron chi connectivity index (χ4n) is 1.69. The molecule has 0 aliphatic rings. The van der Waals surface area contributed by atoms with Gasteiger partial charge in [-0.25, -0.2) is 4.79 Å². The van der Waals surface area contributed by atoms with E-state index >= 15 is 0 Å². The van der Waals surface area contributed by atoms with Crippen LogP contribution in [0, 0.1) is 0 Å². The summed E-state index contributed by atoms with van der Waals surface area (Å²) in [5, 5.41) is 18.1. The molecule has 0 fully saturated rings. The number of carboxylic acids is 1. The van der Waals surface area contributed by atoms with Gasteiger partial charge in [0.15, 0.2) is 0 Å². The molecule has 0 spiro atoms. The molecule has 0 bridgehead atoms. The molecule has 0 aromatic carbocycles. The number of carboxylic acid groups (broad SMARTS) is 1. The smallest absolute Gasteiger partial charge is 0.315 e. The van der Waals surface area contributed by atoms with E-state index < -0.39 is 5.97 Å². The second kappa shape index (κ2) is 8.53. The van der Waals surface area contributed by atoms with Gasteiger partial charge in [-0.05, 0) is 48.6 Å². The monoisotopic (exact) mass is 284 g/mol. The molecule has 106 valence electrons. The van der Waals surface area contributed by atoms with Crippen molar-refractivity contribution in [2.45, 2.75) is 38.6 Å². The molecule has 1 unspecified atom stereocenters. The summed E-state index contributed by atoms with van der Waals surface area (Å²) in [5.41, 5.74) is 1.22. The minimum atomic E-state index is -0.797. The molecule has 1 atom stereocenters. The standard InChI is InChI=1S/C13H20N2O3S/c1-10(8-11-5-7-19-9-11)15-13(18)14-6-3-2-4-12(16)17/h5,7,9-10H,2-4,6,8H2,1H3,(H,16,17)(H2,14,15,18). The van der Waals surface area contributed by atoms with Crippen molar-refractivity contribution >= 4 is 23.3 Å². The van der Waals surface area contributed by atoms with Crippen molar-refractivity contribution < 1.29 is 14.7 Å². The number of thiophene rings is 1. The van der Waals surface area contributed by atoms with E-state index in [0.29, 0.717) is 19.4 Å². The second-order valence-corrected chi connectivity index (χ2v) is 5.27. The van der Waals surface area contributed by atoms with Gasteiger partial charge in [0.1, 0.15) is 0 Å². The van der Waals surface area contributed by atoms with Crippen LogP contribution in [0.4, 0.5) is 4.79 Å². The lowest BCUT2D eigenvalue weighted by Gasteiger charge is -2.13. The number of amides is 2. The van der Waals surface area contributed by atoms with Gasteiger partial charge in [-0.3, -0.25) is 4.79 Å². The van der Waals surface area contributed by atoms with Crippen molar-refractivity contribution in [1.29, 1.82) is 0 Å². The van der Waals surface area contributed by atoms with Gasteiger partial charge in [0.05, 0.1) is 0 Å². The number of carbonyl (C=O) groups excluding carboxylic acids is 1. The number of urea groups is 1. The molecule has 5 nitrogen and oxygen atoms in total. The first-order chi connectivity index (χ1) is 9.08. The third-order valence-corrected chi connectivity index (χ3v) is 3.33. The maximum Gasteiger partial charge on any atom is 0.315 e. The number of unbranched alkanes of at least 4 members (excludes halogenated alkanes) is 1. The van der Waals surface area contributed by atoms with Gasteiger partial charge in [-0.2, -0.15) is 11.3 Å². The summed E-state index contributed by atoms with van der Waals surface area (Å²) in [6.07, 6.45) is 2.23. The molecule has 0 saturated carbocycles. The summed E-state index contributed by atoms with van der Waals surface area (Å²) in [6.45, 7) is 2.46. The van der Waals surface area contributed by atoms with E-state index in [1.54, 1.807) is 11.3 Å². The van der Waals surface area contributed by atoms with E-state index in [0.717, 1.165) is 6.42 Å². The first kappa shape index (κ1) is 15.5. The average Bonchev–Trinajstić information content (AvgIpc) is 2.80. The van der Waals surface area contributed by atoms with Crippen molar-refractivity contribution in [2.24, 2.45) is 0 Å². The predicted octanol–water partition coefficient (Wildman–Crippen LogP) is 2.23. The SMILES string of the molecule is CC(Cc1ccsc1)NC(=O)NCCCCC(=O)O. The van der Waals surface area contributed by atoms with Crippen LogP contribution in [0.2, 0.25) is 0 Å². The number of carbonyl (C=O) groups is 2. The Hall–Kier alpha value is -1.56. The highest BCUT2D eigenvalue weighted by Gasteiger charge is 2.07. The van der Waals surface area contributed by atoms with Crippen LogP contribution in [0.3, 0.4) is 0 Å². The second-order valence-electron chi connectivity index (χ2n) is 4.49. The van der Waals surface area contributed by atoms with Crippen LogP contribution in [0.25, 0.3) is 0 Å². The Labute approximate surface area is 117 Å². The lowest BCUT2D eigenvalue weighted by molar-refractivity contribution is -0.137. The van der Waals surface area contributed by atoms with E-state index in [-0.39, 0.29) is 18.5 Å². The van der Waals surface area contributed by atoms with Gasteiger partial charge < -0.3 is 15.7 Å². The Bertz CT molecular complexity index is 393. The van der Waals surface area contributed by atoms with E-state index in [4.69, 9.17) is 5.11 Å². The maximum atomic E-state index is 11.5. The molecule has 0 aliphatic carbocycles. The first-order valence-corrected chi connectivity index (χ1v) is 7.29. The largest absolute Gasteiger partial charge is 0.481 e. The molecular weight excluding hydrogens is 264 g/mol.